The second-order valence-electron chi connectivity index (χ2n) is 6.67. The van der Waals surface area contributed by atoms with Crippen LogP contribution in [0.15, 0.2) is 0 Å². The number of piperidine rings is 1. The Balaban J connectivity index is 1.96. The van der Waals surface area contributed by atoms with E-state index in [1.807, 2.05) is 25.7 Å². The van der Waals surface area contributed by atoms with Gasteiger partial charge in [0.1, 0.15) is 5.60 Å². The van der Waals surface area contributed by atoms with E-state index in [1.54, 1.807) is 0 Å². The molecule has 0 radical (unpaired) electrons. The first-order valence-electron chi connectivity index (χ1n) is 6.28. The van der Waals surface area contributed by atoms with Gasteiger partial charge in [0.25, 0.3) is 0 Å². The first kappa shape index (κ1) is 11.7. The van der Waals surface area contributed by atoms with Crippen LogP contribution in [-0.2, 0) is 4.74 Å². The van der Waals surface area contributed by atoms with Gasteiger partial charge in [0, 0.05) is 13.1 Å². The summed E-state index contributed by atoms with van der Waals surface area (Å²) in [7, 11) is 0. The van der Waals surface area contributed by atoms with Crippen molar-refractivity contribution in [3.63, 3.8) is 0 Å². The zero-order valence-electron chi connectivity index (χ0n) is 10.9. The third-order valence-electron chi connectivity index (χ3n) is 3.45. The van der Waals surface area contributed by atoms with Crippen LogP contribution in [0.3, 0.4) is 0 Å². The quantitative estimate of drug-likeness (QED) is 0.634. The van der Waals surface area contributed by atoms with Crippen LogP contribution in [0.25, 0.3) is 0 Å². The number of ether oxygens (including phenoxy) is 1. The van der Waals surface area contributed by atoms with Gasteiger partial charge in [-0.3, -0.25) is 0 Å². The minimum Gasteiger partial charge on any atom is -0.444 e. The lowest BCUT2D eigenvalue weighted by molar-refractivity contribution is 0.00844. The van der Waals surface area contributed by atoms with Crippen molar-refractivity contribution in [3.05, 3.63) is 0 Å². The zero-order valence-corrected chi connectivity index (χ0v) is 10.9. The molecule has 1 aliphatic heterocycles. The average molecular weight is 225 g/mol. The second-order valence-corrected chi connectivity index (χ2v) is 6.67. The van der Waals surface area contributed by atoms with E-state index in [4.69, 9.17) is 4.74 Å². The van der Waals surface area contributed by atoms with Crippen molar-refractivity contribution in [2.75, 3.05) is 13.1 Å². The van der Waals surface area contributed by atoms with E-state index in [0.29, 0.717) is 11.3 Å². The van der Waals surface area contributed by atoms with Gasteiger partial charge in [-0.15, -0.1) is 0 Å². The number of nitrogens with zero attached hydrogens (tertiary/aromatic N) is 1. The fourth-order valence-electron chi connectivity index (χ4n) is 2.72. The van der Waals surface area contributed by atoms with Gasteiger partial charge in [0.05, 0.1) is 0 Å². The minimum atomic E-state index is -0.380. The molecule has 0 aromatic carbocycles. The van der Waals surface area contributed by atoms with Crippen molar-refractivity contribution in [2.24, 2.45) is 11.3 Å². The molecule has 1 saturated carbocycles. The number of carbonyl (C=O) groups excluding carboxylic acids is 1. The lowest BCUT2D eigenvalue weighted by atomic mass is 9.88. The lowest BCUT2D eigenvalue weighted by Gasteiger charge is -2.37. The van der Waals surface area contributed by atoms with Gasteiger partial charge < -0.3 is 9.64 Å². The highest BCUT2D eigenvalue weighted by Gasteiger charge is 2.49. The highest BCUT2D eigenvalue weighted by molar-refractivity contribution is 5.68. The van der Waals surface area contributed by atoms with E-state index in [-0.39, 0.29) is 11.7 Å². The molecule has 1 aliphatic carbocycles. The molecular formula is C13H23NO2. The first-order valence-corrected chi connectivity index (χ1v) is 6.28. The Morgan fingerprint density at radius 1 is 1.38 bits per heavy atom. The highest BCUT2D eigenvalue weighted by Crippen LogP contribution is 2.53. The summed E-state index contributed by atoms with van der Waals surface area (Å²) in [5.41, 5.74) is 0.0725. The normalized spacial score (nSPS) is 28.0. The molecule has 2 fully saturated rings. The summed E-state index contributed by atoms with van der Waals surface area (Å²) in [5.74, 6) is 0.615. The lowest BCUT2D eigenvalue weighted by Crippen LogP contribution is -2.46. The molecule has 1 spiro atoms. The Hall–Kier alpha value is -0.730. The fraction of sp³-hybridized carbons (Fsp3) is 0.923. The van der Waals surface area contributed by atoms with Crippen molar-refractivity contribution in [1.29, 1.82) is 0 Å². The van der Waals surface area contributed by atoms with Gasteiger partial charge in [-0.2, -0.15) is 0 Å². The molecule has 1 amide bonds. The molecule has 3 heteroatoms. The third kappa shape index (κ3) is 2.69. The van der Waals surface area contributed by atoms with Gasteiger partial charge in [-0.25, -0.2) is 4.79 Å². The van der Waals surface area contributed by atoms with Crippen molar-refractivity contribution in [3.8, 4) is 0 Å². The summed E-state index contributed by atoms with van der Waals surface area (Å²) >= 11 is 0. The van der Waals surface area contributed by atoms with Crippen LogP contribution in [0.5, 0.6) is 0 Å². The summed E-state index contributed by atoms with van der Waals surface area (Å²) in [5, 5.41) is 0. The molecular weight excluding hydrogens is 202 g/mol. The summed E-state index contributed by atoms with van der Waals surface area (Å²) in [4.78, 5) is 13.9. The predicted molar refractivity (Wildman–Crippen MR) is 63.3 cm³/mol. The van der Waals surface area contributed by atoms with Crippen LogP contribution in [0, 0.1) is 11.3 Å². The molecule has 1 saturated heterocycles. The van der Waals surface area contributed by atoms with Crippen LogP contribution in [-0.4, -0.2) is 29.7 Å². The van der Waals surface area contributed by atoms with E-state index in [0.717, 1.165) is 13.1 Å². The van der Waals surface area contributed by atoms with Gasteiger partial charge in [0.2, 0.25) is 0 Å². The van der Waals surface area contributed by atoms with Crippen molar-refractivity contribution >= 4 is 6.09 Å². The molecule has 16 heavy (non-hydrogen) atoms. The Labute approximate surface area is 98.1 Å². The number of carbonyl (C=O) groups is 1. The number of rotatable bonds is 0. The Morgan fingerprint density at radius 2 is 2.00 bits per heavy atom. The molecule has 2 aliphatic rings. The molecule has 0 N–H and O–H groups in total. The molecule has 1 atom stereocenters. The third-order valence-corrected chi connectivity index (χ3v) is 3.45. The largest absolute Gasteiger partial charge is 0.444 e. The van der Waals surface area contributed by atoms with Crippen LogP contribution in [0.1, 0.15) is 47.0 Å². The molecule has 1 heterocycles. The van der Waals surface area contributed by atoms with Crippen molar-refractivity contribution in [1.82, 2.24) is 4.90 Å². The molecule has 1 unspecified atom stereocenters. The van der Waals surface area contributed by atoms with E-state index in [9.17, 15) is 4.79 Å². The van der Waals surface area contributed by atoms with Gasteiger partial charge in [-0.1, -0.05) is 6.92 Å². The number of likely N-dealkylation sites (tertiary alicyclic amines) is 1. The van der Waals surface area contributed by atoms with Crippen LogP contribution in [0.4, 0.5) is 4.79 Å². The minimum absolute atomic E-state index is 0.134. The summed E-state index contributed by atoms with van der Waals surface area (Å²) < 4.78 is 5.43. The standard InChI is InChI=1S/C13H23NO2/c1-10-7-13(5-6-13)9-14(8-10)11(15)16-12(2,3)4/h10H,5-9H2,1-4H3. The molecule has 0 aromatic heterocycles. The smallest absolute Gasteiger partial charge is 0.410 e. The Bertz CT molecular complexity index is 289. The topological polar surface area (TPSA) is 29.5 Å². The molecule has 3 nitrogen and oxygen atoms in total. The number of hydrogen-bond acceptors (Lipinski definition) is 2. The van der Waals surface area contributed by atoms with Crippen LogP contribution >= 0.6 is 0 Å². The summed E-state index contributed by atoms with van der Waals surface area (Å²) in [6.45, 7) is 9.76. The monoisotopic (exact) mass is 225 g/mol. The number of hydrogen-bond donors (Lipinski definition) is 0. The summed E-state index contributed by atoms with van der Waals surface area (Å²) in [6.07, 6.45) is 3.73. The second kappa shape index (κ2) is 3.64. The predicted octanol–water partition coefficient (Wildman–Crippen LogP) is 3.04. The first-order chi connectivity index (χ1) is 7.30. The van der Waals surface area contributed by atoms with Gasteiger partial charge in [-0.05, 0) is 51.4 Å². The van der Waals surface area contributed by atoms with E-state index in [2.05, 4.69) is 6.92 Å². The maximum atomic E-state index is 12.0. The zero-order chi connectivity index (χ0) is 12.0. The van der Waals surface area contributed by atoms with Crippen LogP contribution in [0.2, 0.25) is 0 Å². The van der Waals surface area contributed by atoms with Gasteiger partial charge in [0.15, 0.2) is 0 Å². The Morgan fingerprint density at radius 3 is 2.50 bits per heavy atom. The Kier molecular flexibility index (Phi) is 2.67. The van der Waals surface area contributed by atoms with Gasteiger partial charge >= 0.3 is 6.09 Å². The highest BCUT2D eigenvalue weighted by atomic mass is 16.6. The average Bonchev–Trinajstić information content (AvgIpc) is 2.80. The van der Waals surface area contributed by atoms with E-state index in [1.165, 1.54) is 19.3 Å². The number of amides is 1. The molecule has 92 valence electrons. The van der Waals surface area contributed by atoms with E-state index < -0.39 is 0 Å². The maximum absolute atomic E-state index is 12.0. The van der Waals surface area contributed by atoms with Crippen molar-refractivity contribution < 1.29 is 9.53 Å². The molecule has 0 bridgehead atoms. The fourth-order valence-corrected chi connectivity index (χ4v) is 2.72. The maximum Gasteiger partial charge on any atom is 0.410 e. The van der Waals surface area contributed by atoms with E-state index >= 15 is 0 Å². The van der Waals surface area contributed by atoms with Crippen molar-refractivity contribution in [2.45, 2.75) is 52.6 Å². The SMILES string of the molecule is CC1CN(C(=O)OC(C)(C)C)CC2(CC2)C1. The molecule has 2 rings (SSSR count). The van der Waals surface area contributed by atoms with Crippen LogP contribution < -0.4 is 0 Å². The summed E-state index contributed by atoms with van der Waals surface area (Å²) in [6, 6.07) is 0. The molecule has 0 aromatic rings.